The molecule has 4 nitrogen and oxygen atoms in total. The zero-order valence-corrected chi connectivity index (χ0v) is 12.2. The maximum Gasteiger partial charge on any atom is 0.331 e. The third-order valence-corrected chi connectivity index (χ3v) is 2.64. The van der Waals surface area contributed by atoms with Crippen molar-refractivity contribution in [2.45, 2.75) is 20.8 Å². The fourth-order valence-corrected chi connectivity index (χ4v) is 1.49. The highest BCUT2D eigenvalue weighted by Crippen LogP contribution is 2.08. The van der Waals surface area contributed by atoms with Crippen molar-refractivity contribution in [1.82, 2.24) is 5.32 Å². The Bertz CT molecular complexity index is 492. The molecule has 0 aliphatic heterocycles. The maximum absolute atomic E-state index is 11.5. The highest BCUT2D eigenvalue weighted by molar-refractivity contribution is 5.89. The van der Waals surface area contributed by atoms with Gasteiger partial charge in [0.15, 0.2) is 6.61 Å². The van der Waals surface area contributed by atoms with Crippen LogP contribution in [0.1, 0.15) is 25.0 Å². The Morgan fingerprint density at radius 1 is 1.30 bits per heavy atom. The zero-order chi connectivity index (χ0) is 15.0. The molecule has 0 aromatic heterocycles. The van der Waals surface area contributed by atoms with Crippen molar-refractivity contribution in [2.24, 2.45) is 5.92 Å². The first-order valence-electron chi connectivity index (χ1n) is 6.66. The van der Waals surface area contributed by atoms with Crippen molar-refractivity contribution < 1.29 is 14.3 Å². The number of esters is 1. The standard InChI is InChI=1S/C16H21NO3/c1-12(2)10-17-15(18)11-20-16(19)9-8-14-7-5-4-6-13(14)3/h4-9,12H,10-11H2,1-3H3,(H,17,18)/b9-8+. The van der Waals surface area contributed by atoms with Gasteiger partial charge in [-0.15, -0.1) is 0 Å². The molecule has 0 atom stereocenters. The summed E-state index contributed by atoms with van der Waals surface area (Å²) in [4.78, 5) is 22.8. The van der Waals surface area contributed by atoms with E-state index in [1.165, 1.54) is 6.08 Å². The fraction of sp³-hybridized carbons (Fsp3) is 0.375. The van der Waals surface area contributed by atoms with Gasteiger partial charge in [0.1, 0.15) is 0 Å². The molecule has 0 fully saturated rings. The number of carbonyl (C=O) groups is 2. The van der Waals surface area contributed by atoms with Crippen LogP contribution in [0.4, 0.5) is 0 Å². The molecule has 1 aromatic rings. The van der Waals surface area contributed by atoms with Crippen molar-refractivity contribution in [2.75, 3.05) is 13.2 Å². The molecule has 0 aliphatic carbocycles. The molecule has 0 radical (unpaired) electrons. The SMILES string of the molecule is Cc1ccccc1/C=C/C(=O)OCC(=O)NCC(C)C. The normalized spacial score (nSPS) is 10.8. The Labute approximate surface area is 119 Å². The van der Waals surface area contributed by atoms with E-state index >= 15 is 0 Å². The highest BCUT2D eigenvalue weighted by atomic mass is 16.5. The van der Waals surface area contributed by atoms with Crippen LogP contribution in [0.3, 0.4) is 0 Å². The molecule has 0 aliphatic rings. The summed E-state index contributed by atoms with van der Waals surface area (Å²) >= 11 is 0. The lowest BCUT2D eigenvalue weighted by Crippen LogP contribution is -2.31. The van der Waals surface area contributed by atoms with Crippen LogP contribution < -0.4 is 5.32 Å². The van der Waals surface area contributed by atoms with Crippen molar-refractivity contribution >= 4 is 18.0 Å². The number of amides is 1. The van der Waals surface area contributed by atoms with Gasteiger partial charge < -0.3 is 10.1 Å². The molecule has 0 saturated heterocycles. The van der Waals surface area contributed by atoms with Crippen LogP contribution in [0.2, 0.25) is 0 Å². The van der Waals surface area contributed by atoms with Crippen LogP contribution in [0, 0.1) is 12.8 Å². The van der Waals surface area contributed by atoms with Gasteiger partial charge in [-0.2, -0.15) is 0 Å². The van der Waals surface area contributed by atoms with E-state index < -0.39 is 5.97 Å². The molecule has 0 unspecified atom stereocenters. The summed E-state index contributed by atoms with van der Waals surface area (Å²) in [6, 6.07) is 7.71. The lowest BCUT2D eigenvalue weighted by Gasteiger charge is -2.07. The van der Waals surface area contributed by atoms with E-state index in [0.29, 0.717) is 12.5 Å². The van der Waals surface area contributed by atoms with E-state index in [-0.39, 0.29) is 12.5 Å². The number of benzene rings is 1. The van der Waals surface area contributed by atoms with Crippen LogP contribution in [0.15, 0.2) is 30.3 Å². The largest absolute Gasteiger partial charge is 0.452 e. The highest BCUT2D eigenvalue weighted by Gasteiger charge is 2.05. The lowest BCUT2D eigenvalue weighted by atomic mass is 10.1. The number of rotatable bonds is 6. The molecular formula is C16H21NO3. The van der Waals surface area contributed by atoms with Crippen LogP contribution in [0.5, 0.6) is 0 Å². The average molecular weight is 275 g/mol. The van der Waals surface area contributed by atoms with Crippen LogP contribution >= 0.6 is 0 Å². The number of hydrogen-bond donors (Lipinski definition) is 1. The predicted octanol–water partition coefficient (Wildman–Crippen LogP) is 2.32. The van der Waals surface area contributed by atoms with Gasteiger partial charge in [0.2, 0.25) is 0 Å². The minimum absolute atomic E-state index is 0.246. The summed E-state index contributed by atoms with van der Waals surface area (Å²) in [5.41, 5.74) is 2.03. The van der Waals surface area contributed by atoms with Gasteiger partial charge in [0, 0.05) is 12.6 Å². The van der Waals surface area contributed by atoms with E-state index in [4.69, 9.17) is 4.74 Å². The Hall–Kier alpha value is -2.10. The van der Waals surface area contributed by atoms with Crippen molar-refractivity contribution in [3.05, 3.63) is 41.5 Å². The van der Waals surface area contributed by atoms with Crippen molar-refractivity contribution in [3.8, 4) is 0 Å². The third kappa shape index (κ3) is 6.18. The second kappa shape index (κ2) is 8.15. The molecule has 1 rings (SSSR count). The quantitative estimate of drug-likeness (QED) is 0.640. The Morgan fingerprint density at radius 2 is 2.00 bits per heavy atom. The molecular weight excluding hydrogens is 254 g/mol. The maximum atomic E-state index is 11.5. The van der Waals surface area contributed by atoms with Gasteiger partial charge in [-0.05, 0) is 30.0 Å². The molecule has 20 heavy (non-hydrogen) atoms. The van der Waals surface area contributed by atoms with Gasteiger partial charge in [0.05, 0.1) is 0 Å². The van der Waals surface area contributed by atoms with Crippen molar-refractivity contribution in [1.29, 1.82) is 0 Å². The summed E-state index contributed by atoms with van der Waals surface area (Å²) < 4.78 is 4.86. The summed E-state index contributed by atoms with van der Waals surface area (Å²) in [5.74, 6) is -0.431. The van der Waals surface area contributed by atoms with E-state index in [1.54, 1.807) is 6.08 Å². The first-order chi connectivity index (χ1) is 9.49. The van der Waals surface area contributed by atoms with Gasteiger partial charge in [-0.1, -0.05) is 38.1 Å². The number of carbonyl (C=O) groups excluding carboxylic acids is 2. The number of nitrogens with one attached hydrogen (secondary N) is 1. The minimum Gasteiger partial charge on any atom is -0.452 e. The number of ether oxygens (including phenoxy) is 1. The summed E-state index contributed by atoms with van der Waals surface area (Å²) in [6.45, 7) is 6.29. The second-order valence-electron chi connectivity index (χ2n) is 5.00. The van der Waals surface area contributed by atoms with Crippen molar-refractivity contribution in [3.63, 3.8) is 0 Å². The van der Waals surface area contributed by atoms with E-state index in [0.717, 1.165) is 11.1 Å². The molecule has 1 amide bonds. The van der Waals surface area contributed by atoms with Gasteiger partial charge >= 0.3 is 5.97 Å². The van der Waals surface area contributed by atoms with E-state index in [9.17, 15) is 9.59 Å². The number of hydrogen-bond acceptors (Lipinski definition) is 3. The summed E-state index contributed by atoms with van der Waals surface area (Å²) in [6.07, 6.45) is 3.02. The van der Waals surface area contributed by atoms with Gasteiger partial charge in [-0.25, -0.2) is 4.79 Å². The molecule has 0 saturated carbocycles. The van der Waals surface area contributed by atoms with Gasteiger partial charge in [-0.3, -0.25) is 4.79 Å². The van der Waals surface area contributed by atoms with Crippen LogP contribution in [0.25, 0.3) is 6.08 Å². The molecule has 0 spiro atoms. The van der Waals surface area contributed by atoms with E-state index in [2.05, 4.69) is 5.32 Å². The Kier molecular flexibility index (Phi) is 6.50. The monoisotopic (exact) mass is 275 g/mol. The molecule has 0 bridgehead atoms. The van der Waals surface area contributed by atoms with E-state index in [1.807, 2.05) is 45.0 Å². The molecule has 108 valence electrons. The molecule has 0 heterocycles. The predicted molar refractivity (Wildman–Crippen MR) is 79.0 cm³/mol. The average Bonchev–Trinajstić information content (AvgIpc) is 2.42. The Balaban J connectivity index is 2.37. The van der Waals surface area contributed by atoms with Crippen LogP contribution in [-0.4, -0.2) is 25.0 Å². The smallest absolute Gasteiger partial charge is 0.331 e. The second-order valence-corrected chi connectivity index (χ2v) is 5.00. The number of aryl methyl sites for hydroxylation is 1. The summed E-state index contributed by atoms with van der Waals surface area (Å²) in [7, 11) is 0. The Morgan fingerprint density at radius 3 is 2.65 bits per heavy atom. The fourth-order valence-electron chi connectivity index (χ4n) is 1.49. The molecule has 4 heteroatoms. The topological polar surface area (TPSA) is 55.4 Å². The first-order valence-corrected chi connectivity index (χ1v) is 6.66. The molecule has 1 aromatic carbocycles. The van der Waals surface area contributed by atoms with Crippen LogP contribution in [-0.2, 0) is 14.3 Å². The minimum atomic E-state index is -0.520. The van der Waals surface area contributed by atoms with Gasteiger partial charge in [0.25, 0.3) is 5.91 Å². The lowest BCUT2D eigenvalue weighted by molar-refractivity contribution is -0.143. The first kappa shape index (κ1) is 16.0. The summed E-state index contributed by atoms with van der Waals surface area (Å²) in [5, 5.41) is 2.68. The third-order valence-electron chi connectivity index (χ3n) is 2.64. The molecule has 1 N–H and O–H groups in total. The zero-order valence-electron chi connectivity index (χ0n) is 12.2.